The third-order valence-corrected chi connectivity index (χ3v) is 7.87. The summed E-state index contributed by atoms with van der Waals surface area (Å²) >= 11 is 0. The van der Waals surface area contributed by atoms with E-state index >= 15 is 0 Å². The molecule has 2 aliphatic heterocycles. The number of hydrogen-bond donors (Lipinski definition) is 4. The van der Waals surface area contributed by atoms with Crippen molar-refractivity contribution in [3.8, 4) is 5.75 Å². The average Bonchev–Trinajstić information content (AvgIpc) is 3.33. The van der Waals surface area contributed by atoms with Gasteiger partial charge >= 0.3 is 0 Å². The van der Waals surface area contributed by atoms with Crippen molar-refractivity contribution in [1.82, 2.24) is 20.9 Å². The third-order valence-electron chi connectivity index (χ3n) is 7.87. The second kappa shape index (κ2) is 8.43. The number of phenolic OH excluding ortho intramolecular Hbond substituents is 1. The Kier molecular flexibility index (Phi) is 6.11. The first-order valence-corrected chi connectivity index (χ1v) is 11.9. The van der Waals surface area contributed by atoms with Crippen molar-refractivity contribution in [2.45, 2.75) is 65.6 Å². The smallest absolute Gasteiger partial charge is 0.218 e. The van der Waals surface area contributed by atoms with E-state index in [9.17, 15) is 14.7 Å². The minimum absolute atomic E-state index is 0.0610. The molecule has 0 saturated carbocycles. The van der Waals surface area contributed by atoms with E-state index in [1.807, 2.05) is 13.0 Å². The average molecular weight is 443 g/mol. The lowest BCUT2D eigenvalue weighted by Gasteiger charge is -2.55. The van der Waals surface area contributed by atoms with Gasteiger partial charge in [-0.25, -0.2) is 0 Å². The number of ketones is 1. The van der Waals surface area contributed by atoms with Gasteiger partial charge in [-0.15, -0.1) is 0 Å². The molecule has 2 saturated heterocycles. The Balaban J connectivity index is 1.83. The van der Waals surface area contributed by atoms with E-state index in [-0.39, 0.29) is 34.8 Å². The highest BCUT2D eigenvalue weighted by atomic mass is 16.3. The highest BCUT2D eigenvalue weighted by molar-refractivity contribution is 5.82. The Morgan fingerprint density at radius 3 is 2.56 bits per heavy atom. The molecular formula is C25H38N4O3. The van der Waals surface area contributed by atoms with E-state index in [1.165, 1.54) is 0 Å². The van der Waals surface area contributed by atoms with Crippen LogP contribution < -0.4 is 16.0 Å². The van der Waals surface area contributed by atoms with Crippen molar-refractivity contribution in [3.05, 3.63) is 28.3 Å². The fourth-order valence-electron chi connectivity index (χ4n) is 6.35. The zero-order valence-corrected chi connectivity index (χ0v) is 20.1. The predicted octanol–water partition coefficient (Wildman–Crippen LogP) is 1.72. The number of rotatable bonds is 5. The number of carbonyl (C=O) groups is 2. The molecule has 0 aromatic heterocycles. The van der Waals surface area contributed by atoms with Crippen LogP contribution in [0.25, 0.3) is 0 Å². The highest BCUT2D eigenvalue weighted by Gasteiger charge is 2.60. The molecule has 2 heterocycles. The number of piperazine rings is 1. The number of aryl methyl sites for hydroxylation is 2. The van der Waals surface area contributed by atoms with Crippen LogP contribution in [-0.2, 0) is 21.7 Å². The summed E-state index contributed by atoms with van der Waals surface area (Å²) in [6.45, 7) is 13.7. The molecule has 0 bridgehead atoms. The Morgan fingerprint density at radius 2 is 1.91 bits per heavy atom. The van der Waals surface area contributed by atoms with Gasteiger partial charge in [0.2, 0.25) is 5.91 Å². The van der Waals surface area contributed by atoms with Gasteiger partial charge in [0, 0.05) is 62.5 Å². The van der Waals surface area contributed by atoms with E-state index < -0.39 is 5.66 Å². The molecule has 3 aliphatic rings. The fraction of sp³-hybridized carbons (Fsp3) is 0.680. The van der Waals surface area contributed by atoms with Crippen molar-refractivity contribution >= 4 is 11.7 Å². The Morgan fingerprint density at radius 1 is 1.19 bits per heavy atom. The van der Waals surface area contributed by atoms with Gasteiger partial charge in [0.15, 0.2) is 0 Å². The summed E-state index contributed by atoms with van der Waals surface area (Å²) in [6, 6.07) is 1.97. The number of aromatic hydroxyl groups is 1. The fourth-order valence-corrected chi connectivity index (χ4v) is 6.35. The lowest BCUT2D eigenvalue weighted by atomic mass is 9.75. The van der Waals surface area contributed by atoms with Gasteiger partial charge in [-0.2, -0.15) is 0 Å². The van der Waals surface area contributed by atoms with Crippen LogP contribution in [-0.4, -0.2) is 60.5 Å². The normalized spacial score (nSPS) is 29.7. The second-order valence-corrected chi connectivity index (χ2v) is 10.6. The maximum atomic E-state index is 13.2. The Hall–Kier alpha value is -1.96. The largest absolute Gasteiger partial charge is 0.507 e. The topological polar surface area (TPSA) is 93.7 Å². The summed E-state index contributed by atoms with van der Waals surface area (Å²) < 4.78 is 0. The van der Waals surface area contributed by atoms with Crippen molar-refractivity contribution in [1.29, 1.82) is 0 Å². The summed E-state index contributed by atoms with van der Waals surface area (Å²) in [5, 5.41) is 21.4. The number of benzene rings is 1. The van der Waals surface area contributed by atoms with Crippen LogP contribution >= 0.6 is 0 Å². The molecule has 3 unspecified atom stereocenters. The Bertz CT molecular complexity index is 922. The van der Waals surface area contributed by atoms with Gasteiger partial charge in [0.05, 0.1) is 0 Å². The van der Waals surface area contributed by atoms with Gasteiger partial charge in [-0.3, -0.25) is 14.5 Å². The molecule has 7 nitrogen and oxygen atoms in total. The van der Waals surface area contributed by atoms with E-state index in [0.717, 1.165) is 54.7 Å². The van der Waals surface area contributed by atoms with Gasteiger partial charge < -0.3 is 21.1 Å². The zero-order chi connectivity index (χ0) is 23.3. The SMILES string of the molecule is CC(=O)NC1(N2CCNCC2CC(=O)C2CCNC2)c2c(O)c(C)cc(C)c2CC1(C)C. The summed E-state index contributed by atoms with van der Waals surface area (Å²) in [5.41, 5.74) is 2.62. The molecule has 7 heteroatoms. The van der Waals surface area contributed by atoms with Crippen LogP contribution in [0.15, 0.2) is 6.07 Å². The number of hydrogen-bond acceptors (Lipinski definition) is 6. The molecule has 4 rings (SSSR count). The zero-order valence-electron chi connectivity index (χ0n) is 20.1. The van der Waals surface area contributed by atoms with E-state index in [0.29, 0.717) is 19.5 Å². The maximum Gasteiger partial charge on any atom is 0.218 e. The molecule has 1 amide bonds. The number of nitrogens with one attached hydrogen (secondary N) is 3. The summed E-state index contributed by atoms with van der Waals surface area (Å²) in [7, 11) is 0. The number of carbonyl (C=O) groups excluding carboxylic acids is 2. The lowest BCUT2D eigenvalue weighted by molar-refractivity contribution is -0.136. The van der Waals surface area contributed by atoms with Crippen molar-refractivity contribution in [2.24, 2.45) is 11.3 Å². The predicted molar refractivity (Wildman–Crippen MR) is 125 cm³/mol. The van der Waals surface area contributed by atoms with Crippen molar-refractivity contribution in [3.63, 3.8) is 0 Å². The molecule has 0 spiro atoms. The molecule has 1 aromatic carbocycles. The van der Waals surface area contributed by atoms with Crippen molar-refractivity contribution in [2.75, 3.05) is 32.7 Å². The van der Waals surface area contributed by atoms with Crippen LogP contribution in [0.4, 0.5) is 0 Å². The van der Waals surface area contributed by atoms with E-state index in [1.54, 1.807) is 6.92 Å². The third kappa shape index (κ3) is 3.64. The quantitative estimate of drug-likeness (QED) is 0.555. The minimum atomic E-state index is -0.879. The number of amides is 1. The number of nitrogens with zero attached hydrogens (tertiary/aromatic N) is 1. The van der Waals surface area contributed by atoms with Gasteiger partial charge in [-0.05, 0) is 49.9 Å². The van der Waals surface area contributed by atoms with Crippen molar-refractivity contribution < 1.29 is 14.7 Å². The molecule has 0 radical (unpaired) electrons. The molecule has 1 aliphatic carbocycles. The lowest BCUT2D eigenvalue weighted by Crippen LogP contribution is -2.70. The van der Waals surface area contributed by atoms with Crippen LogP contribution in [0.5, 0.6) is 5.75 Å². The number of Topliss-reactive ketones (excluding diaryl/α,β-unsaturated/α-hetero) is 1. The monoisotopic (exact) mass is 442 g/mol. The van der Waals surface area contributed by atoms with Crippen LogP contribution in [0.3, 0.4) is 0 Å². The second-order valence-electron chi connectivity index (χ2n) is 10.6. The van der Waals surface area contributed by atoms with Gasteiger partial charge in [-0.1, -0.05) is 19.9 Å². The summed E-state index contributed by atoms with van der Waals surface area (Å²) in [4.78, 5) is 28.1. The molecule has 4 N–H and O–H groups in total. The standard InChI is InChI=1S/C25H38N4O3/c1-15-10-16(2)23(32)22-20(15)12-24(4,5)25(22,28-17(3)30)29-9-8-27-14-19(29)11-21(31)18-6-7-26-13-18/h10,18-19,26-27,32H,6-9,11-14H2,1-5H3,(H,28,30). The maximum absolute atomic E-state index is 13.2. The van der Waals surface area contributed by atoms with Crippen LogP contribution in [0, 0.1) is 25.2 Å². The minimum Gasteiger partial charge on any atom is -0.507 e. The highest BCUT2D eigenvalue weighted by Crippen LogP contribution is 2.57. The molecular weight excluding hydrogens is 404 g/mol. The summed E-state index contributed by atoms with van der Waals surface area (Å²) in [6.07, 6.45) is 2.08. The molecule has 1 aromatic rings. The van der Waals surface area contributed by atoms with E-state index in [2.05, 4.69) is 41.6 Å². The summed E-state index contributed by atoms with van der Waals surface area (Å²) in [5.74, 6) is 0.478. The first-order chi connectivity index (χ1) is 15.1. The first kappa shape index (κ1) is 23.2. The number of fused-ring (bicyclic) bond motifs is 1. The molecule has 176 valence electrons. The van der Waals surface area contributed by atoms with Crippen LogP contribution in [0.1, 0.15) is 55.9 Å². The first-order valence-electron chi connectivity index (χ1n) is 11.9. The van der Waals surface area contributed by atoms with E-state index in [4.69, 9.17) is 0 Å². The van der Waals surface area contributed by atoms with Crippen LogP contribution in [0.2, 0.25) is 0 Å². The van der Waals surface area contributed by atoms with Gasteiger partial charge in [0.25, 0.3) is 0 Å². The van der Waals surface area contributed by atoms with Gasteiger partial charge in [0.1, 0.15) is 17.2 Å². The number of phenols is 1. The molecule has 2 fully saturated rings. The molecule has 32 heavy (non-hydrogen) atoms. The Labute approximate surface area is 191 Å². The molecule has 3 atom stereocenters.